The molecule has 5 rings (SSSR count). The summed E-state index contributed by atoms with van der Waals surface area (Å²) >= 11 is 3.37. The first-order valence-corrected chi connectivity index (χ1v) is 14.5. The molecule has 1 heterocycles. The van der Waals surface area contributed by atoms with Crippen molar-refractivity contribution in [1.82, 2.24) is 10.2 Å². The van der Waals surface area contributed by atoms with Crippen LogP contribution in [0.4, 0.5) is 5.82 Å². The minimum Gasteiger partial charge on any atom is -0.382 e. The van der Waals surface area contributed by atoms with Gasteiger partial charge in [0, 0.05) is 16.2 Å². The number of hydrogen-bond acceptors (Lipinski definition) is 6. The molecule has 0 fully saturated rings. The summed E-state index contributed by atoms with van der Waals surface area (Å²) in [7, 11) is -5.82. The van der Waals surface area contributed by atoms with E-state index in [9.17, 15) is 0 Å². The van der Waals surface area contributed by atoms with Crippen LogP contribution < -0.4 is 40.3 Å². The van der Waals surface area contributed by atoms with Gasteiger partial charge in [-0.2, -0.15) is 5.10 Å². The topological polar surface area (TPSA) is 147 Å². The number of benzene rings is 4. The van der Waals surface area contributed by atoms with Crippen molar-refractivity contribution in [2.24, 2.45) is 0 Å². The molecule has 0 unspecified atom stereocenters. The maximum Gasteiger partial charge on any atom is 1.00 e. The number of nitrogens with two attached hydrogens (primary N) is 1. The number of nitrogens with zero attached hydrogens (tertiary/aromatic N) is 1. The van der Waals surface area contributed by atoms with Gasteiger partial charge in [-0.1, -0.05) is 82.7 Å². The molecule has 11 heteroatoms. The summed E-state index contributed by atoms with van der Waals surface area (Å²) in [5.41, 5.74) is 7.66. The third kappa shape index (κ3) is 10.8. The van der Waals surface area contributed by atoms with E-state index in [4.69, 9.17) is 24.4 Å². The Hall–Kier alpha value is -2.33. The van der Waals surface area contributed by atoms with Crippen molar-refractivity contribution in [2.45, 2.75) is 0 Å². The summed E-state index contributed by atoms with van der Waals surface area (Å²) in [4.78, 5) is 0. The molecule has 0 amide bonds. The standard InChI is InChI=1S/C18H15P.C9H8BrN3.Au.ClHO4/c1-4-10-16(11-5-1)19(17-12-6-2-7-13-17)18-14-8-3-9-15-18;10-7-3-1-6(2-4-7)8-5-12-13-9(8)11;;2-1(3,4)5/h1-15H;1-5H,(H3,11,12,13);;(H,2,3,4,5)/q;;+1;. The molecule has 38 heavy (non-hydrogen) atoms. The van der Waals surface area contributed by atoms with Gasteiger partial charge in [0.05, 0.1) is 7.92 Å². The van der Waals surface area contributed by atoms with Crippen molar-refractivity contribution in [2.75, 3.05) is 5.73 Å². The van der Waals surface area contributed by atoms with E-state index in [0.717, 1.165) is 15.6 Å². The van der Waals surface area contributed by atoms with Gasteiger partial charge in [-0.25, -0.2) is 18.6 Å². The Labute approximate surface area is 248 Å². The summed E-state index contributed by atoms with van der Waals surface area (Å²) < 4.78 is 35.0. The Morgan fingerprint density at radius 1 is 0.658 bits per heavy atom. The van der Waals surface area contributed by atoms with E-state index < -0.39 is 18.2 Å². The molecule has 200 valence electrons. The Bertz CT molecular complexity index is 1240. The Morgan fingerprint density at radius 3 is 1.34 bits per heavy atom. The summed E-state index contributed by atoms with van der Waals surface area (Å²) in [5, 5.41) is 10.9. The first kappa shape index (κ1) is 31.9. The molecule has 3 N–H and O–H groups in total. The van der Waals surface area contributed by atoms with Crippen molar-refractivity contribution in [3.05, 3.63) is 126 Å². The predicted molar refractivity (Wildman–Crippen MR) is 143 cm³/mol. The van der Waals surface area contributed by atoms with Gasteiger partial charge in [-0.05, 0) is 54.1 Å². The summed E-state index contributed by atoms with van der Waals surface area (Å²) in [6, 6.07) is 40.4. The maximum absolute atomic E-state index is 8.49. The number of halogens is 2. The van der Waals surface area contributed by atoms with E-state index in [1.54, 1.807) is 6.20 Å². The molecule has 7 nitrogen and oxygen atoms in total. The molecule has 1 aromatic heterocycles. The Morgan fingerprint density at radius 2 is 1.03 bits per heavy atom. The van der Waals surface area contributed by atoms with E-state index in [0.29, 0.717) is 5.82 Å². The zero-order valence-corrected chi connectivity index (χ0v) is 25.3. The van der Waals surface area contributed by atoms with E-state index in [1.165, 1.54) is 15.9 Å². The van der Waals surface area contributed by atoms with E-state index in [2.05, 4.69) is 117 Å². The van der Waals surface area contributed by atoms with Crippen LogP contribution in [-0.4, -0.2) is 10.2 Å². The van der Waals surface area contributed by atoms with Gasteiger partial charge in [0.1, 0.15) is 15.9 Å². The number of rotatable bonds is 4. The van der Waals surface area contributed by atoms with Gasteiger partial charge in [-0.3, -0.25) is 5.10 Å². The molecule has 0 aliphatic heterocycles. The molecule has 0 bridgehead atoms. The minimum absolute atomic E-state index is 0. The van der Waals surface area contributed by atoms with Crippen LogP contribution in [0, 0.1) is 10.2 Å². The average Bonchev–Trinajstić information content (AvgIpc) is 3.32. The van der Waals surface area contributed by atoms with Crippen LogP contribution >= 0.6 is 23.9 Å². The Kier molecular flexibility index (Phi) is 13.4. The molecular weight excluding hydrogens is 774 g/mol. The SMILES string of the molecule is Nc1n[nH]cc1-c1ccc(Br)cc1.[Au+].[O-][Cl+3]([O-])([O-])[O-].c1ccc([PH+](c2ccccc2)c2ccccc2)cc1. The molecule has 0 aliphatic rings. The molecular formula is C27H24AuBrClN3O4P+. The van der Waals surface area contributed by atoms with Crippen LogP contribution in [0.5, 0.6) is 0 Å². The van der Waals surface area contributed by atoms with E-state index >= 15 is 0 Å². The fourth-order valence-electron chi connectivity index (χ4n) is 3.48. The predicted octanol–water partition coefficient (Wildman–Crippen LogP) is 0.840. The van der Waals surface area contributed by atoms with Gasteiger partial charge < -0.3 is 5.73 Å². The van der Waals surface area contributed by atoms with Crippen LogP contribution in [0.15, 0.2) is 126 Å². The number of aromatic amines is 1. The normalized spacial score (nSPS) is 10.4. The first-order valence-electron chi connectivity index (χ1n) is 10.9. The fourth-order valence-corrected chi connectivity index (χ4v) is 6.32. The van der Waals surface area contributed by atoms with Crippen molar-refractivity contribution < 1.29 is 51.3 Å². The van der Waals surface area contributed by atoms with Crippen molar-refractivity contribution in [1.29, 1.82) is 0 Å². The molecule has 0 saturated carbocycles. The Balaban J connectivity index is 0.000000232. The molecule has 0 spiro atoms. The third-order valence-electron chi connectivity index (χ3n) is 5.01. The zero-order chi connectivity index (χ0) is 26.7. The number of aromatic nitrogens is 2. The number of hydrogen-bond donors (Lipinski definition) is 2. The zero-order valence-electron chi connectivity index (χ0n) is 19.8. The monoisotopic (exact) mass is 796 g/mol. The second-order valence-corrected chi connectivity index (χ2v) is 11.7. The minimum atomic E-state index is -4.94. The van der Waals surface area contributed by atoms with Gasteiger partial charge >= 0.3 is 22.4 Å². The molecule has 0 atom stereocenters. The molecule has 0 radical (unpaired) electrons. The second-order valence-electron chi connectivity index (χ2n) is 7.54. The van der Waals surface area contributed by atoms with Crippen LogP contribution in [0.2, 0.25) is 0 Å². The van der Waals surface area contributed by atoms with Crippen LogP contribution in [0.3, 0.4) is 0 Å². The van der Waals surface area contributed by atoms with Gasteiger partial charge in [0.25, 0.3) is 0 Å². The van der Waals surface area contributed by atoms with E-state index in [-0.39, 0.29) is 22.4 Å². The first-order chi connectivity index (χ1) is 17.7. The van der Waals surface area contributed by atoms with Crippen LogP contribution in [0.25, 0.3) is 11.1 Å². The van der Waals surface area contributed by atoms with Crippen LogP contribution in [0.1, 0.15) is 0 Å². The number of nitrogen functional groups attached to an aromatic ring is 1. The van der Waals surface area contributed by atoms with Gasteiger partial charge in [0.15, 0.2) is 5.82 Å². The largest absolute Gasteiger partial charge is 1.00 e. The van der Waals surface area contributed by atoms with Gasteiger partial charge in [-0.15, -0.1) is 10.2 Å². The molecule has 0 saturated heterocycles. The number of anilines is 1. The quantitative estimate of drug-likeness (QED) is 0.204. The van der Waals surface area contributed by atoms with Crippen LogP contribution in [-0.2, 0) is 22.4 Å². The van der Waals surface area contributed by atoms with Crippen molar-refractivity contribution in [3.63, 3.8) is 0 Å². The van der Waals surface area contributed by atoms with E-state index in [1.807, 2.05) is 24.3 Å². The average molecular weight is 798 g/mol. The molecule has 5 aromatic rings. The maximum atomic E-state index is 8.49. The smallest absolute Gasteiger partial charge is 0.382 e. The summed E-state index contributed by atoms with van der Waals surface area (Å²) in [6.45, 7) is 0. The summed E-state index contributed by atoms with van der Waals surface area (Å²) in [6.07, 6.45) is 1.79. The molecule has 4 aromatic carbocycles. The number of H-pyrrole nitrogens is 1. The number of nitrogens with one attached hydrogen (secondary N) is 1. The third-order valence-corrected chi connectivity index (χ3v) is 8.27. The van der Waals surface area contributed by atoms with Crippen molar-refractivity contribution >= 4 is 45.6 Å². The molecule has 0 aliphatic carbocycles. The summed E-state index contributed by atoms with van der Waals surface area (Å²) in [5.74, 6) is 0.530. The van der Waals surface area contributed by atoms with Gasteiger partial charge in [0.2, 0.25) is 0 Å². The van der Waals surface area contributed by atoms with Crippen molar-refractivity contribution in [3.8, 4) is 11.1 Å². The fraction of sp³-hybridized carbons (Fsp3) is 0. The second kappa shape index (κ2) is 15.9.